The fraction of sp³-hybridized carbons (Fsp3) is 0.250. The van der Waals surface area contributed by atoms with Crippen LogP contribution in [0.25, 0.3) is 11.0 Å². The third kappa shape index (κ3) is 3.18. The van der Waals surface area contributed by atoms with E-state index in [2.05, 4.69) is 10.2 Å². The number of furan rings is 1. The first-order valence-electron chi connectivity index (χ1n) is 8.65. The van der Waals surface area contributed by atoms with Gasteiger partial charge in [-0.25, -0.2) is 0 Å². The third-order valence-corrected chi connectivity index (χ3v) is 4.61. The Kier molecular flexibility index (Phi) is 4.06. The minimum Gasteiger partial charge on any atom is -0.451 e. The molecule has 1 aliphatic rings. The number of anilines is 3. The molecule has 1 aromatic heterocycles. The van der Waals surface area contributed by atoms with Gasteiger partial charge in [0.25, 0.3) is 5.91 Å². The smallest absolute Gasteiger partial charge is 0.291 e. The average molecular weight is 335 g/mol. The van der Waals surface area contributed by atoms with Gasteiger partial charge in [0.05, 0.1) is 11.4 Å². The third-order valence-electron chi connectivity index (χ3n) is 4.61. The monoisotopic (exact) mass is 335 g/mol. The maximum atomic E-state index is 12.7. The van der Waals surface area contributed by atoms with Gasteiger partial charge in [0, 0.05) is 24.2 Å². The van der Waals surface area contributed by atoms with Gasteiger partial charge in [-0.2, -0.15) is 0 Å². The second-order valence-corrected chi connectivity index (χ2v) is 6.43. The number of carbonyl (C=O) groups is 1. The largest absolute Gasteiger partial charge is 0.451 e. The molecule has 0 atom stereocenters. The number of fused-ring (bicyclic) bond motifs is 1. The number of nitrogens with zero attached hydrogens (tertiary/aromatic N) is 1. The van der Waals surface area contributed by atoms with Crippen molar-refractivity contribution in [3.05, 3.63) is 54.3 Å². The molecule has 0 aliphatic carbocycles. The molecule has 25 heavy (non-hydrogen) atoms. The summed E-state index contributed by atoms with van der Waals surface area (Å²) in [5.41, 5.74) is 9.01. The van der Waals surface area contributed by atoms with Crippen LogP contribution in [0.5, 0.6) is 0 Å². The van der Waals surface area contributed by atoms with Crippen LogP contribution in [0.4, 0.5) is 17.1 Å². The molecule has 5 nitrogen and oxygen atoms in total. The van der Waals surface area contributed by atoms with E-state index in [0.717, 1.165) is 29.9 Å². The van der Waals surface area contributed by atoms with E-state index >= 15 is 0 Å². The molecule has 1 amide bonds. The van der Waals surface area contributed by atoms with Crippen LogP contribution >= 0.6 is 0 Å². The Balaban J connectivity index is 1.62. The van der Waals surface area contributed by atoms with E-state index < -0.39 is 0 Å². The van der Waals surface area contributed by atoms with Crippen molar-refractivity contribution in [1.82, 2.24) is 0 Å². The maximum Gasteiger partial charge on any atom is 0.291 e. The molecule has 2 aromatic carbocycles. The highest BCUT2D eigenvalue weighted by Crippen LogP contribution is 2.31. The molecule has 3 N–H and O–H groups in total. The number of benzene rings is 2. The summed E-state index contributed by atoms with van der Waals surface area (Å²) >= 11 is 0. The zero-order valence-electron chi connectivity index (χ0n) is 14.0. The number of para-hydroxylation sites is 1. The molecule has 0 unspecified atom stereocenters. The molecule has 0 radical (unpaired) electrons. The van der Waals surface area contributed by atoms with Crippen molar-refractivity contribution >= 4 is 33.9 Å². The van der Waals surface area contributed by atoms with Crippen LogP contribution in [0.3, 0.4) is 0 Å². The zero-order valence-corrected chi connectivity index (χ0v) is 14.0. The summed E-state index contributed by atoms with van der Waals surface area (Å²) in [6.45, 7) is 1.99. The topological polar surface area (TPSA) is 71.5 Å². The van der Waals surface area contributed by atoms with Gasteiger partial charge in [0.2, 0.25) is 0 Å². The number of nitrogen functional groups attached to an aromatic ring is 1. The second-order valence-electron chi connectivity index (χ2n) is 6.43. The lowest BCUT2D eigenvalue weighted by atomic mass is 10.1. The number of hydrogen-bond donors (Lipinski definition) is 2. The van der Waals surface area contributed by atoms with Crippen LogP contribution in [0.15, 0.2) is 52.9 Å². The Morgan fingerprint density at radius 1 is 1.04 bits per heavy atom. The molecule has 5 heteroatoms. The summed E-state index contributed by atoms with van der Waals surface area (Å²) < 4.78 is 5.66. The van der Waals surface area contributed by atoms with Crippen LogP contribution in [-0.4, -0.2) is 19.0 Å². The summed E-state index contributed by atoms with van der Waals surface area (Å²) in [6.07, 6.45) is 3.59. The number of nitrogens with one attached hydrogen (secondary N) is 1. The molecule has 3 aromatic rings. The number of carbonyl (C=O) groups excluding carboxylic acids is 1. The standard InChI is InChI=1S/C20H21N3O2/c21-15-8-9-17(23-10-4-1-5-11-23)16(13-15)22-20(24)19-12-14-6-2-3-7-18(14)25-19/h2-3,6-9,12-13H,1,4-5,10-11,21H2,(H,22,24). The second kappa shape index (κ2) is 6.51. The van der Waals surface area contributed by atoms with Crippen molar-refractivity contribution in [3.63, 3.8) is 0 Å². The van der Waals surface area contributed by atoms with E-state index in [-0.39, 0.29) is 5.91 Å². The van der Waals surface area contributed by atoms with Crippen LogP contribution in [0.2, 0.25) is 0 Å². The van der Waals surface area contributed by atoms with Gasteiger partial charge >= 0.3 is 0 Å². The van der Waals surface area contributed by atoms with Crippen molar-refractivity contribution in [2.24, 2.45) is 0 Å². The molecule has 0 bridgehead atoms. The van der Waals surface area contributed by atoms with E-state index in [1.807, 2.05) is 42.5 Å². The minimum absolute atomic E-state index is 0.264. The van der Waals surface area contributed by atoms with E-state index in [9.17, 15) is 4.79 Å². The Labute approximate surface area is 146 Å². The summed E-state index contributed by atoms with van der Waals surface area (Å²) in [5, 5.41) is 3.88. The van der Waals surface area contributed by atoms with Crippen molar-refractivity contribution in [2.75, 3.05) is 29.0 Å². The van der Waals surface area contributed by atoms with Gasteiger partial charge in [0.1, 0.15) is 5.58 Å². The van der Waals surface area contributed by atoms with Gasteiger partial charge in [-0.1, -0.05) is 18.2 Å². The molecule has 128 valence electrons. The zero-order chi connectivity index (χ0) is 17.2. The van der Waals surface area contributed by atoms with Crippen molar-refractivity contribution < 1.29 is 9.21 Å². The molecule has 0 spiro atoms. The fourth-order valence-corrected chi connectivity index (χ4v) is 3.34. The fourth-order valence-electron chi connectivity index (χ4n) is 3.34. The quantitative estimate of drug-likeness (QED) is 0.702. The lowest BCUT2D eigenvalue weighted by molar-refractivity contribution is 0.0998. The van der Waals surface area contributed by atoms with E-state index in [1.54, 1.807) is 6.07 Å². The Morgan fingerprint density at radius 3 is 2.64 bits per heavy atom. The van der Waals surface area contributed by atoms with Gasteiger partial charge in [0.15, 0.2) is 5.76 Å². The highest BCUT2D eigenvalue weighted by molar-refractivity contribution is 6.06. The Morgan fingerprint density at radius 2 is 1.84 bits per heavy atom. The molecule has 4 rings (SSSR count). The van der Waals surface area contributed by atoms with E-state index in [1.165, 1.54) is 19.3 Å². The Bertz CT molecular complexity index is 877. The summed E-state index contributed by atoms with van der Waals surface area (Å²) in [4.78, 5) is 15.0. The molecular weight excluding hydrogens is 314 g/mol. The number of piperidine rings is 1. The van der Waals surface area contributed by atoms with Crippen LogP contribution in [0.1, 0.15) is 29.8 Å². The molecule has 2 heterocycles. The molecule has 1 fully saturated rings. The molecular formula is C20H21N3O2. The summed E-state index contributed by atoms with van der Waals surface area (Å²) in [5.74, 6) is 0.0354. The van der Waals surface area contributed by atoms with Crippen LogP contribution in [-0.2, 0) is 0 Å². The van der Waals surface area contributed by atoms with E-state index in [4.69, 9.17) is 10.2 Å². The first-order valence-corrected chi connectivity index (χ1v) is 8.65. The van der Waals surface area contributed by atoms with Crippen molar-refractivity contribution in [3.8, 4) is 0 Å². The molecule has 1 aliphatic heterocycles. The summed E-state index contributed by atoms with van der Waals surface area (Å²) in [7, 11) is 0. The first-order chi connectivity index (χ1) is 12.2. The lowest BCUT2D eigenvalue weighted by Gasteiger charge is -2.30. The van der Waals surface area contributed by atoms with E-state index in [0.29, 0.717) is 17.0 Å². The average Bonchev–Trinajstić information content (AvgIpc) is 3.07. The predicted molar refractivity (Wildman–Crippen MR) is 101 cm³/mol. The predicted octanol–water partition coefficient (Wildman–Crippen LogP) is 4.26. The number of amides is 1. The normalized spacial score (nSPS) is 14.6. The van der Waals surface area contributed by atoms with Crippen molar-refractivity contribution in [2.45, 2.75) is 19.3 Å². The van der Waals surface area contributed by atoms with Gasteiger partial charge in [-0.05, 0) is 49.6 Å². The maximum absolute atomic E-state index is 12.7. The number of nitrogens with two attached hydrogens (primary N) is 1. The lowest BCUT2D eigenvalue weighted by Crippen LogP contribution is -2.30. The first kappa shape index (κ1) is 15.6. The van der Waals surface area contributed by atoms with Gasteiger partial charge in [-0.15, -0.1) is 0 Å². The summed E-state index contributed by atoms with van der Waals surface area (Å²) in [6, 6.07) is 15.0. The highest BCUT2D eigenvalue weighted by Gasteiger charge is 2.18. The number of rotatable bonds is 3. The minimum atomic E-state index is -0.264. The number of hydrogen-bond acceptors (Lipinski definition) is 4. The SMILES string of the molecule is Nc1ccc(N2CCCCC2)c(NC(=O)c2cc3ccccc3o2)c1. The Hall–Kier alpha value is -2.95. The van der Waals surface area contributed by atoms with Crippen molar-refractivity contribution in [1.29, 1.82) is 0 Å². The van der Waals surface area contributed by atoms with Gasteiger partial charge in [-0.3, -0.25) is 4.79 Å². The van der Waals surface area contributed by atoms with Crippen LogP contribution in [0, 0.1) is 0 Å². The van der Waals surface area contributed by atoms with Gasteiger partial charge < -0.3 is 20.4 Å². The van der Waals surface area contributed by atoms with Crippen LogP contribution < -0.4 is 16.0 Å². The highest BCUT2D eigenvalue weighted by atomic mass is 16.3. The molecule has 1 saturated heterocycles. The molecule has 0 saturated carbocycles.